The topological polar surface area (TPSA) is 39.7 Å². The monoisotopic (exact) mass is 368 g/mol. The lowest BCUT2D eigenvalue weighted by Crippen LogP contribution is -2.46. The molecule has 0 bridgehead atoms. The fourth-order valence-electron chi connectivity index (χ4n) is 2.16. The highest BCUT2D eigenvalue weighted by Gasteiger charge is 2.14. The second-order valence-corrected chi connectivity index (χ2v) is 4.87. The SMILES string of the molecule is CCN(C)CCNC(=NC)NC1CCCCC1.I. The van der Waals surface area contributed by atoms with Crippen molar-refractivity contribution >= 4 is 29.9 Å². The number of hydrogen-bond donors (Lipinski definition) is 2. The molecule has 0 saturated heterocycles. The Bertz CT molecular complexity index is 227. The summed E-state index contributed by atoms with van der Waals surface area (Å²) >= 11 is 0. The van der Waals surface area contributed by atoms with Crippen LogP contribution in [0.15, 0.2) is 4.99 Å². The van der Waals surface area contributed by atoms with Crippen LogP contribution in [-0.2, 0) is 0 Å². The van der Waals surface area contributed by atoms with Crippen LogP contribution < -0.4 is 10.6 Å². The van der Waals surface area contributed by atoms with Gasteiger partial charge in [0.05, 0.1) is 0 Å². The smallest absolute Gasteiger partial charge is 0.191 e. The third kappa shape index (κ3) is 7.41. The summed E-state index contributed by atoms with van der Waals surface area (Å²) < 4.78 is 0. The van der Waals surface area contributed by atoms with E-state index in [4.69, 9.17) is 0 Å². The lowest BCUT2D eigenvalue weighted by molar-refractivity contribution is 0.355. The number of nitrogens with zero attached hydrogens (tertiary/aromatic N) is 2. The van der Waals surface area contributed by atoms with Gasteiger partial charge in [0.15, 0.2) is 5.96 Å². The van der Waals surface area contributed by atoms with Gasteiger partial charge in [-0.3, -0.25) is 4.99 Å². The maximum absolute atomic E-state index is 4.28. The van der Waals surface area contributed by atoms with Crippen LogP contribution in [0, 0.1) is 0 Å². The molecule has 1 aliphatic carbocycles. The van der Waals surface area contributed by atoms with E-state index in [0.717, 1.165) is 25.6 Å². The number of hydrogen-bond acceptors (Lipinski definition) is 2. The van der Waals surface area contributed by atoms with Gasteiger partial charge in [0, 0.05) is 26.2 Å². The highest BCUT2D eigenvalue weighted by molar-refractivity contribution is 14.0. The van der Waals surface area contributed by atoms with Crippen molar-refractivity contribution in [3.8, 4) is 0 Å². The summed E-state index contributed by atoms with van der Waals surface area (Å²) in [6.07, 6.45) is 6.68. The molecule has 1 aliphatic rings. The molecule has 0 radical (unpaired) electrons. The largest absolute Gasteiger partial charge is 0.355 e. The third-order valence-electron chi connectivity index (χ3n) is 3.50. The Morgan fingerprint density at radius 3 is 2.50 bits per heavy atom. The standard InChI is InChI=1S/C13H28N4.HI/c1-4-17(3)11-10-15-13(14-2)16-12-8-6-5-7-9-12;/h12H,4-11H2,1-3H3,(H2,14,15,16);1H. The van der Waals surface area contributed by atoms with Crippen LogP contribution in [0.1, 0.15) is 39.0 Å². The number of rotatable bonds is 5. The number of nitrogens with one attached hydrogen (secondary N) is 2. The first kappa shape index (κ1) is 18.0. The maximum atomic E-state index is 4.28. The van der Waals surface area contributed by atoms with Crippen molar-refractivity contribution in [3.63, 3.8) is 0 Å². The molecule has 18 heavy (non-hydrogen) atoms. The van der Waals surface area contributed by atoms with Gasteiger partial charge in [-0.25, -0.2) is 0 Å². The molecule has 0 atom stereocenters. The van der Waals surface area contributed by atoms with Crippen molar-refractivity contribution in [2.24, 2.45) is 4.99 Å². The average molecular weight is 368 g/mol. The summed E-state index contributed by atoms with van der Waals surface area (Å²) in [5.41, 5.74) is 0. The van der Waals surface area contributed by atoms with E-state index in [1.54, 1.807) is 0 Å². The van der Waals surface area contributed by atoms with Gasteiger partial charge in [-0.15, -0.1) is 24.0 Å². The molecule has 5 heteroatoms. The van der Waals surface area contributed by atoms with Crippen LogP contribution in [0.25, 0.3) is 0 Å². The second kappa shape index (κ2) is 10.8. The van der Waals surface area contributed by atoms with E-state index >= 15 is 0 Å². The highest BCUT2D eigenvalue weighted by atomic mass is 127. The first-order chi connectivity index (χ1) is 8.26. The van der Waals surface area contributed by atoms with Crippen LogP contribution in [-0.4, -0.2) is 50.6 Å². The van der Waals surface area contributed by atoms with Gasteiger partial charge in [-0.2, -0.15) is 0 Å². The molecule has 0 amide bonds. The number of halogens is 1. The molecule has 0 aliphatic heterocycles. The van der Waals surface area contributed by atoms with Crippen molar-refractivity contribution in [2.45, 2.75) is 45.1 Å². The predicted molar refractivity (Wildman–Crippen MR) is 90.0 cm³/mol. The minimum Gasteiger partial charge on any atom is -0.355 e. The number of aliphatic imine (C=N–C) groups is 1. The molecule has 0 aromatic heterocycles. The van der Waals surface area contributed by atoms with E-state index in [-0.39, 0.29) is 24.0 Å². The number of likely N-dealkylation sites (N-methyl/N-ethyl adjacent to an activating group) is 1. The van der Waals surface area contributed by atoms with Gasteiger partial charge in [-0.05, 0) is 26.4 Å². The zero-order chi connectivity index (χ0) is 12.5. The Hall–Kier alpha value is -0.0400. The lowest BCUT2D eigenvalue weighted by atomic mass is 9.96. The van der Waals surface area contributed by atoms with Crippen molar-refractivity contribution < 1.29 is 0 Å². The molecule has 0 aromatic carbocycles. The van der Waals surface area contributed by atoms with Crippen molar-refractivity contribution in [3.05, 3.63) is 0 Å². The highest BCUT2D eigenvalue weighted by Crippen LogP contribution is 2.17. The molecule has 1 saturated carbocycles. The van der Waals surface area contributed by atoms with E-state index in [1.165, 1.54) is 32.1 Å². The van der Waals surface area contributed by atoms with E-state index in [0.29, 0.717) is 6.04 Å². The van der Waals surface area contributed by atoms with Gasteiger partial charge < -0.3 is 15.5 Å². The molecule has 108 valence electrons. The fraction of sp³-hybridized carbons (Fsp3) is 0.923. The molecular formula is C13H29IN4. The number of guanidine groups is 1. The van der Waals surface area contributed by atoms with E-state index in [9.17, 15) is 0 Å². The molecule has 0 unspecified atom stereocenters. The van der Waals surface area contributed by atoms with E-state index < -0.39 is 0 Å². The Balaban J connectivity index is 0.00000289. The quantitative estimate of drug-likeness (QED) is 0.443. The predicted octanol–water partition coefficient (Wildman–Crippen LogP) is 2.05. The zero-order valence-corrected chi connectivity index (χ0v) is 14.4. The Labute approximate surface area is 129 Å². The van der Waals surface area contributed by atoms with E-state index in [1.807, 2.05) is 7.05 Å². The van der Waals surface area contributed by atoms with Crippen LogP contribution in [0.4, 0.5) is 0 Å². The summed E-state index contributed by atoms with van der Waals surface area (Å²) in [4.78, 5) is 6.57. The Morgan fingerprint density at radius 1 is 1.28 bits per heavy atom. The summed E-state index contributed by atoms with van der Waals surface area (Å²) in [6, 6.07) is 0.624. The van der Waals surface area contributed by atoms with Crippen molar-refractivity contribution in [1.29, 1.82) is 0 Å². The fourth-order valence-corrected chi connectivity index (χ4v) is 2.16. The maximum Gasteiger partial charge on any atom is 0.191 e. The molecule has 1 rings (SSSR count). The summed E-state index contributed by atoms with van der Waals surface area (Å²) in [7, 11) is 3.99. The van der Waals surface area contributed by atoms with Crippen molar-refractivity contribution in [2.75, 3.05) is 33.7 Å². The van der Waals surface area contributed by atoms with Crippen molar-refractivity contribution in [1.82, 2.24) is 15.5 Å². The Morgan fingerprint density at radius 2 is 1.94 bits per heavy atom. The van der Waals surface area contributed by atoms with Crippen LogP contribution in [0.5, 0.6) is 0 Å². The normalized spacial score (nSPS) is 17.4. The first-order valence-electron chi connectivity index (χ1n) is 6.92. The summed E-state index contributed by atoms with van der Waals surface area (Å²) in [6.45, 7) is 5.28. The first-order valence-corrected chi connectivity index (χ1v) is 6.92. The second-order valence-electron chi connectivity index (χ2n) is 4.87. The molecule has 4 nitrogen and oxygen atoms in total. The third-order valence-corrected chi connectivity index (χ3v) is 3.50. The minimum atomic E-state index is 0. The zero-order valence-electron chi connectivity index (χ0n) is 12.0. The van der Waals surface area contributed by atoms with Gasteiger partial charge in [0.25, 0.3) is 0 Å². The van der Waals surface area contributed by atoms with Crippen LogP contribution in [0.2, 0.25) is 0 Å². The molecule has 0 spiro atoms. The molecule has 0 heterocycles. The van der Waals surface area contributed by atoms with Crippen LogP contribution in [0.3, 0.4) is 0 Å². The molecule has 0 aromatic rings. The summed E-state index contributed by atoms with van der Waals surface area (Å²) in [5.74, 6) is 0.960. The minimum absolute atomic E-state index is 0. The molecular weight excluding hydrogens is 339 g/mol. The molecule has 2 N–H and O–H groups in total. The lowest BCUT2D eigenvalue weighted by Gasteiger charge is -2.25. The molecule has 1 fully saturated rings. The van der Waals surface area contributed by atoms with Gasteiger partial charge in [0.1, 0.15) is 0 Å². The van der Waals surface area contributed by atoms with Gasteiger partial charge in [0.2, 0.25) is 0 Å². The summed E-state index contributed by atoms with van der Waals surface area (Å²) in [5, 5.41) is 6.90. The van der Waals surface area contributed by atoms with Gasteiger partial charge in [-0.1, -0.05) is 26.2 Å². The van der Waals surface area contributed by atoms with E-state index in [2.05, 4.69) is 34.5 Å². The van der Waals surface area contributed by atoms with Gasteiger partial charge >= 0.3 is 0 Å². The Kier molecular flexibility index (Phi) is 10.8. The average Bonchev–Trinajstić information content (AvgIpc) is 2.38. The van der Waals surface area contributed by atoms with Crippen LogP contribution >= 0.6 is 24.0 Å².